The van der Waals surface area contributed by atoms with Crippen LogP contribution in [0.15, 0.2) is 33.3 Å². The predicted octanol–water partition coefficient (Wildman–Crippen LogP) is 2.77. The highest BCUT2D eigenvalue weighted by Crippen LogP contribution is 2.19. The van der Waals surface area contributed by atoms with Crippen LogP contribution in [0.25, 0.3) is 11.4 Å². The summed E-state index contributed by atoms with van der Waals surface area (Å²) in [6.45, 7) is 2.41. The Morgan fingerprint density at radius 2 is 2.00 bits per heavy atom. The SMILES string of the molecule is Brc1ccc(-c2noc(COC3CCNCC3)n2)cc1. The van der Waals surface area contributed by atoms with Crippen LogP contribution < -0.4 is 5.32 Å². The number of ether oxygens (including phenoxy) is 1. The summed E-state index contributed by atoms with van der Waals surface area (Å²) < 4.78 is 12.0. The van der Waals surface area contributed by atoms with Crippen LogP contribution in [0.4, 0.5) is 0 Å². The van der Waals surface area contributed by atoms with E-state index in [1.807, 2.05) is 24.3 Å². The van der Waals surface area contributed by atoms with E-state index in [2.05, 4.69) is 31.4 Å². The van der Waals surface area contributed by atoms with E-state index in [4.69, 9.17) is 9.26 Å². The number of halogens is 1. The number of hydrogen-bond acceptors (Lipinski definition) is 5. The smallest absolute Gasteiger partial charge is 0.252 e. The van der Waals surface area contributed by atoms with Crippen LogP contribution in [-0.4, -0.2) is 29.3 Å². The van der Waals surface area contributed by atoms with E-state index >= 15 is 0 Å². The zero-order chi connectivity index (χ0) is 13.8. The van der Waals surface area contributed by atoms with Crippen molar-refractivity contribution in [2.75, 3.05) is 13.1 Å². The van der Waals surface area contributed by atoms with Crippen molar-refractivity contribution in [1.29, 1.82) is 0 Å². The predicted molar refractivity (Wildman–Crippen MR) is 78.1 cm³/mol. The number of benzene rings is 1. The normalized spacial score (nSPS) is 16.4. The lowest BCUT2D eigenvalue weighted by Gasteiger charge is -2.21. The molecule has 106 valence electrons. The topological polar surface area (TPSA) is 60.2 Å². The van der Waals surface area contributed by atoms with Crippen molar-refractivity contribution in [2.45, 2.75) is 25.6 Å². The number of aromatic nitrogens is 2. The molecule has 0 aliphatic carbocycles. The first-order valence-electron chi connectivity index (χ1n) is 6.72. The van der Waals surface area contributed by atoms with Crippen molar-refractivity contribution in [1.82, 2.24) is 15.5 Å². The fourth-order valence-corrected chi connectivity index (χ4v) is 2.45. The Morgan fingerprint density at radius 1 is 1.25 bits per heavy atom. The third-order valence-corrected chi connectivity index (χ3v) is 3.83. The molecular weight excluding hydrogens is 322 g/mol. The zero-order valence-corrected chi connectivity index (χ0v) is 12.6. The lowest BCUT2D eigenvalue weighted by molar-refractivity contribution is 0.00859. The van der Waals surface area contributed by atoms with E-state index in [0.29, 0.717) is 24.4 Å². The number of hydrogen-bond donors (Lipinski definition) is 1. The van der Waals surface area contributed by atoms with Gasteiger partial charge in [-0.15, -0.1) is 0 Å². The van der Waals surface area contributed by atoms with Crippen molar-refractivity contribution in [3.63, 3.8) is 0 Å². The Bertz CT molecular complexity index is 550. The maximum absolute atomic E-state index is 5.79. The third-order valence-electron chi connectivity index (χ3n) is 3.30. The molecular formula is C14H16BrN3O2. The highest BCUT2D eigenvalue weighted by molar-refractivity contribution is 9.10. The minimum absolute atomic E-state index is 0.291. The molecule has 2 aromatic rings. The standard InChI is InChI=1S/C14H16BrN3O2/c15-11-3-1-10(2-4-11)14-17-13(20-18-14)9-19-12-5-7-16-8-6-12/h1-4,12,16H,5-9H2. The van der Waals surface area contributed by atoms with Gasteiger partial charge in [-0.1, -0.05) is 21.1 Å². The van der Waals surface area contributed by atoms with Crippen molar-refractivity contribution in [3.05, 3.63) is 34.6 Å². The molecule has 0 bridgehead atoms. The molecule has 0 saturated carbocycles. The quantitative estimate of drug-likeness (QED) is 0.929. The maximum atomic E-state index is 5.79. The molecule has 0 atom stereocenters. The molecule has 1 aromatic carbocycles. The summed E-state index contributed by atoms with van der Waals surface area (Å²) in [4.78, 5) is 4.36. The van der Waals surface area contributed by atoms with Crippen molar-refractivity contribution >= 4 is 15.9 Å². The molecule has 1 saturated heterocycles. The van der Waals surface area contributed by atoms with Gasteiger partial charge in [-0.3, -0.25) is 0 Å². The van der Waals surface area contributed by atoms with Gasteiger partial charge >= 0.3 is 0 Å². The van der Waals surface area contributed by atoms with E-state index in [1.54, 1.807) is 0 Å². The molecule has 1 fully saturated rings. The molecule has 6 heteroatoms. The lowest BCUT2D eigenvalue weighted by atomic mass is 10.1. The monoisotopic (exact) mass is 337 g/mol. The third kappa shape index (κ3) is 3.45. The number of rotatable bonds is 4. The first kappa shape index (κ1) is 13.7. The van der Waals surface area contributed by atoms with Crippen LogP contribution >= 0.6 is 15.9 Å². The van der Waals surface area contributed by atoms with E-state index in [0.717, 1.165) is 36.0 Å². The van der Waals surface area contributed by atoms with Crippen molar-refractivity contribution in [2.24, 2.45) is 0 Å². The summed E-state index contributed by atoms with van der Waals surface area (Å²) in [5.41, 5.74) is 0.935. The van der Waals surface area contributed by atoms with Gasteiger partial charge in [0.25, 0.3) is 5.89 Å². The van der Waals surface area contributed by atoms with Gasteiger partial charge in [0, 0.05) is 10.0 Å². The summed E-state index contributed by atoms with van der Waals surface area (Å²) in [5, 5.41) is 7.29. The van der Waals surface area contributed by atoms with E-state index < -0.39 is 0 Å². The average Bonchev–Trinajstić information content (AvgIpc) is 2.96. The fourth-order valence-electron chi connectivity index (χ4n) is 2.18. The van der Waals surface area contributed by atoms with E-state index in [-0.39, 0.29) is 0 Å². The molecule has 0 amide bonds. The summed E-state index contributed by atoms with van der Waals surface area (Å²) in [6, 6.07) is 7.81. The molecule has 1 aromatic heterocycles. The van der Waals surface area contributed by atoms with Crippen LogP contribution in [0, 0.1) is 0 Å². The van der Waals surface area contributed by atoms with Crippen LogP contribution in [0.5, 0.6) is 0 Å². The van der Waals surface area contributed by atoms with Gasteiger partial charge in [-0.05, 0) is 50.2 Å². The van der Waals surface area contributed by atoms with Crippen LogP contribution in [0.3, 0.4) is 0 Å². The molecule has 0 spiro atoms. The summed E-state index contributed by atoms with van der Waals surface area (Å²) >= 11 is 3.40. The Kier molecular flexibility index (Phi) is 4.44. The minimum atomic E-state index is 0.291. The first-order chi connectivity index (χ1) is 9.81. The number of piperidine rings is 1. The van der Waals surface area contributed by atoms with Crippen LogP contribution in [0.1, 0.15) is 18.7 Å². The average molecular weight is 338 g/mol. The van der Waals surface area contributed by atoms with E-state index in [9.17, 15) is 0 Å². The molecule has 1 aliphatic rings. The molecule has 1 aliphatic heterocycles. The van der Waals surface area contributed by atoms with Gasteiger partial charge < -0.3 is 14.6 Å². The maximum Gasteiger partial charge on any atom is 0.252 e. The zero-order valence-electron chi connectivity index (χ0n) is 11.0. The molecule has 2 heterocycles. The molecule has 5 nitrogen and oxygen atoms in total. The Balaban J connectivity index is 1.60. The van der Waals surface area contributed by atoms with Gasteiger partial charge in [0.05, 0.1) is 6.10 Å². The van der Waals surface area contributed by atoms with Crippen LogP contribution in [-0.2, 0) is 11.3 Å². The summed E-state index contributed by atoms with van der Waals surface area (Å²) in [7, 11) is 0. The number of nitrogens with one attached hydrogen (secondary N) is 1. The summed E-state index contributed by atoms with van der Waals surface area (Å²) in [6.07, 6.45) is 2.36. The highest BCUT2D eigenvalue weighted by atomic mass is 79.9. The van der Waals surface area contributed by atoms with Gasteiger partial charge in [-0.2, -0.15) is 4.98 Å². The van der Waals surface area contributed by atoms with Crippen molar-refractivity contribution < 1.29 is 9.26 Å². The molecule has 1 N–H and O–H groups in total. The van der Waals surface area contributed by atoms with Gasteiger partial charge in [0.15, 0.2) is 0 Å². The van der Waals surface area contributed by atoms with Gasteiger partial charge in [0.2, 0.25) is 5.82 Å². The Hall–Kier alpha value is -1.24. The fraction of sp³-hybridized carbons (Fsp3) is 0.429. The number of nitrogens with zero attached hydrogens (tertiary/aromatic N) is 2. The van der Waals surface area contributed by atoms with Crippen molar-refractivity contribution in [3.8, 4) is 11.4 Å². The van der Waals surface area contributed by atoms with E-state index in [1.165, 1.54) is 0 Å². The molecule has 3 rings (SSSR count). The molecule has 0 radical (unpaired) electrons. The molecule has 20 heavy (non-hydrogen) atoms. The second-order valence-electron chi connectivity index (χ2n) is 4.78. The minimum Gasteiger partial charge on any atom is -0.368 e. The largest absolute Gasteiger partial charge is 0.368 e. The lowest BCUT2D eigenvalue weighted by Crippen LogP contribution is -2.32. The second-order valence-corrected chi connectivity index (χ2v) is 5.69. The molecule has 0 unspecified atom stereocenters. The van der Waals surface area contributed by atoms with Crippen LogP contribution in [0.2, 0.25) is 0 Å². The first-order valence-corrected chi connectivity index (χ1v) is 7.51. The Morgan fingerprint density at radius 3 is 2.75 bits per heavy atom. The van der Waals surface area contributed by atoms with Gasteiger partial charge in [0.1, 0.15) is 6.61 Å². The highest BCUT2D eigenvalue weighted by Gasteiger charge is 2.15. The van der Waals surface area contributed by atoms with Gasteiger partial charge in [-0.25, -0.2) is 0 Å². The second kappa shape index (κ2) is 6.47. The Labute approximate surface area is 125 Å². The summed E-state index contributed by atoms with van der Waals surface area (Å²) in [5.74, 6) is 1.13.